The van der Waals surface area contributed by atoms with Crippen LogP contribution in [0.15, 0.2) is 51.9 Å². The van der Waals surface area contributed by atoms with E-state index in [2.05, 4.69) is 20.9 Å². The van der Waals surface area contributed by atoms with Crippen LogP contribution in [0.5, 0.6) is 0 Å². The van der Waals surface area contributed by atoms with Crippen molar-refractivity contribution in [2.24, 2.45) is 4.99 Å². The van der Waals surface area contributed by atoms with Gasteiger partial charge in [0.1, 0.15) is 5.56 Å². The number of fused-ring (bicyclic) bond motifs is 1. The highest BCUT2D eigenvalue weighted by Gasteiger charge is 2.19. The summed E-state index contributed by atoms with van der Waals surface area (Å²) in [6.45, 7) is 2.60. The minimum Gasteiger partial charge on any atom is -0.317 e. The topological polar surface area (TPSA) is 77.5 Å². The first-order chi connectivity index (χ1) is 11.5. The van der Waals surface area contributed by atoms with E-state index < -0.39 is 10.8 Å². The standard InChI is InChI=1S/C16H12BrN3O3S/c1-2-19-13-8-7-10(17)9-14(13)24-16(19)18-15(21)11-5-3-4-6-12(11)20(22)23/h3-9H,2H2,1H3. The van der Waals surface area contributed by atoms with Crippen LogP contribution < -0.4 is 4.80 Å². The molecule has 0 aliphatic heterocycles. The smallest absolute Gasteiger partial charge is 0.286 e. The van der Waals surface area contributed by atoms with Crippen LogP contribution in [0, 0.1) is 10.1 Å². The molecule has 0 bridgehead atoms. The van der Waals surface area contributed by atoms with Crippen molar-refractivity contribution in [2.75, 3.05) is 0 Å². The lowest BCUT2D eigenvalue weighted by atomic mass is 10.2. The van der Waals surface area contributed by atoms with Gasteiger partial charge in [-0.05, 0) is 31.2 Å². The molecule has 0 aliphatic carbocycles. The summed E-state index contributed by atoms with van der Waals surface area (Å²) in [7, 11) is 0. The van der Waals surface area contributed by atoms with Crippen molar-refractivity contribution < 1.29 is 9.72 Å². The van der Waals surface area contributed by atoms with Gasteiger partial charge in [-0.15, -0.1) is 0 Å². The van der Waals surface area contributed by atoms with Gasteiger partial charge in [-0.2, -0.15) is 4.99 Å². The van der Waals surface area contributed by atoms with Crippen molar-refractivity contribution in [2.45, 2.75) is 13.5 Å². The van der Waals surface area contributed by atoms with Crippen LogP contribution in [0.25, 0.3) is 10.2 Å². The molecule has 1 aromatic heterocycles. The van der Waals surface area contributed by atoms with Crippen LogP contribution >= 0.6 is 27.3 Å². The van der Waals surface area contributed by atoms with Crippen LogP contribution in [-0.4, -0.2) is 15.4 Å². The minimum atomic E-state index is -0.616. The van der Waals surface area contributed by atoms with Gasteiger partial charge >= 0.3 is 0 Å². The maximum absolute atomic E-state index is 12.5. The number of rotatable bonds is 3. The zero-order valence-electron chi connectivity index (χ0n) is 12.6. The quantitative estimate of drug-likeness (QED) is 0.485. The molecule has 0 saturated carbocycles. The highest BCUT2D eigenvalue weighted by molar-refractivity contribution is 9.10. The number of hydrogen-bond donors (Lipinski definition) is 0. The van der Waals surface area contributed by atoms with Gasteiger partial charge in [-0.1, -0.05) is 39.4 Å². The first kappa shape index (κ1) is 16.5. The molecule has 0 aliphatic rings. The van der Waals surface area contributed by atoms with Crippen molar-refractivity contribution in [1.82, 2.24) is 4.57 Å². The average molecular weight is 406 g/mol. The van der Waals surface area contributed by atoms with Gasteiger partial charge in [0.25, 0.3) is 11.6 Å². The largest absolute Gasteiger partial charge is 0.317 e. The van der Waals surface area contributed by atoms with Gasteiger partial charge in [-0.3, -0.25) is 14.9 Å². The zero-order valence-corrected chi connectivity index (χ0v) is 15.0. The molecule has 0 atom stereocenters. The van der Waals surface area contributed by atoms with Crippen LogP contribution in [0.1, 0.15) is 17.3 Å². The Hall–Kier alpha value is -2.32. The summed E-state index contributed by atoms with van der Waals surface area (Å²) >= 11 is 4.80. The van der Waals surface area contributed by atoms with E-state index >= 15 is 0 Å². The highest BCUT2D eigenvalue weighted by Crippen LogP contribution is 2.23. The van der Waals surface area contributed by atoms with E-state index in [9.17, 15) is 14.9 Å². The Balaban J connectivity index is 2.17. The lowest BCUT2D eigenvalue weighted by Gasteiger charge is -2.00. The summed E-state index contributed by atoms with van der Waals surface area (Å²) in [5.41, 5.74) is 0.724. The molecule has 1 heterocycles. The van der Waals surface area contributed by atoms with Crippen LogP contribution in [0.2, 0.25) is 0 Å². The van der Waals surface area contributed by atoms with Gasteiger partial charge in [0.2, 0.25) is 0 Å². The molecular formula is C16H12BrN3O3S. The van der Waals surface area contributed by atoms with E-state index in [1.807, 2.05) is 29.7 Å². The Labute approximate surface area is 149 Å². The zero-order chi connectivity index (χ0) is 17.3. The van der Waals surface area contributed by atoms with E-state index in [1.165, 1.54) is 29.5 Å². The first-order valence-electron chi connectivity index (χ1n) is 7.12. The molecule has 8 heteroatoms. The Bertz CT molecular complexity index is 1020. The molecular weight excluding hydrogens is 394 g/mol. The van der Waals surface area contributed by atoms with Gasteiger partial charge in [0.15, 0.2) is 4.80 Å². The number of carbonyl (C=O) groups is 1. The number of aromatic nitrogens is 1. The van der Waals surface area contributed by atoms with Gasteiger partial charge in [0.05, 0.1) is 15.1 Å². The molecule has 0 spiro atoms. The van der Waals surface area contributed by atoms with Gasteiger partial charge < -0.3 is 4.57 Å². The molecule has 0 fully saturated rings. The number of nitro groups is 1. The maximum atomic E-state index is 12.5. The number of halogens is 1. The summed E-state index contributed by atoms with van der Waals surface area (Å²) in [6, 6.07) is 11.7. The Morgan fingerprint density at radius 1 is 1.33 bits per heavy atom. The van der Waals surface area contributed by atoms with Crippen molar-refractivity contribution in [1.29, 1.82) is 0 Å². The molecule has 24 heavy (non-hydrogen) atoms. The molecule has 0 N–H and O–H groups in total. The molecule has 1 amide bonds. The Morgan fingerprint density at radius 2 is 2.08 bits per heavy atom. The number of aryl methyl sites for hydroxylation is 1. The molecule has 122 valence electrons. The Morgan fingerprint density at radius 3 is 2.79 bits per heavy atom. The molecule has 3 aromatic rings. The van der Waals surface area contributed by atoms with Crippen LogP contribution in [-0.2, 0) is 6.54 Å². The molecule has 0 unspecified atom stereocenters. The predicted octanol–water partition coefficient (Wildman–Crippen LogP) is 4.13. The Kier molecular flexibility index (Phi) is 4.59. The fourth-order valence-corrected chi connectivity index (χ4v) is 4.04. The SMILES string of the molecule is CCn1c(=NC(=O)c2ccccc2[N+](=O)[O-])sc2cc(Br)ccc21. The summed E-state index contributed by atoms with van der Waals surface area (Å²) in [5.74, 6) is -0.616. The first-order valence-corrected chi connectivity index (χ1v) is 8.73. The van der Waals surface area contributed by atoms with Gasteiger partial charge in [-0.25, -0.2) is 0 Å². The third-order valence-corrected chi connectivity index (χ3v) is 5.02. The number of hydrogen-bond acceptors (Lipinski definition) is 4. The van der Waals surface area contributed by atoms with Crippen molar-refractivity contribution in [3.05, 3.63) is 67.4 Å². The average Bonchev–Trinajstić information content (AvgIpc) is 2.90. The minimum absolute atomic E-state index is 0.0104. The summed E-state index contributed by atoms with van der Waals surface area (Å²) in [5, 5.41) is 11.1. The molecule has 2 aromatic carbocycles. The molecule has 0 saturated heterocycles. The van der Waals surface area contributed by atoms with E-state index in [4.69, 9.17) is 0 Å². The number of amides is 1. The number of carbonyl (C=O) groups excluding carboxylic acids is 1. The number of nitrogens with zero attached hydrogens (tertiary/aromatic N) is 3. The number of nitro benzene ring substituents is 1. The predicted molar refractivity (Wildman–Crippen MR) is 96.2 cm³/mol. The van der Waals surface area contributed by atoms with Gasteiger partial charge in [0, 0.05) is 17.1 Å². The number of thiazole rings is 1. The molecule has 0 radical (unpaired) electrons. The normalized spacial score (nSPS) is 11.8. The third-order valence-electron chi connectivity index (χ3n) is 3.49. The lowest BCUT2D eigenvalue weighted by molar-refractivity contribution is -0.385. The van der Waals surface area contributed by atoms with E-state index in [1.54, 1.807) is 6.07 Å². The molecule has 6 nitrogen and oxygen atoms in total. The fraction of sp³-hybridized carbons (Fsp3) is 0.125. The maximum Gasteiger partial charge on any atom is 0.286 e. The van der Waals surface area contributed by atoms with Crippen LogP contribution in [0.3, 0.4) is 0 Å². The molecule has 3 rings (SSSR count). The van der Waals surface area contributed by atoms with E-state index in [0.717, 1.165) is 14.7 Å². The fourth-order valence-electron chi connectivity index (χ4n) is 2.40. The number of para-hydroxylation sites is 1. The second-order valence-corrected chi connectivity index (χ2v) is 6.86. The summed E-state index contributed by atoms with van der Waals surface area (Å²) < 4.78 is 3.84. The van der Waals surface area contributed by atoms with Crippen molar-refractivity contribution in [3.8, 4) is 0 Å². The highest BCUT2D eigenvalue weighted by atomic mass is 79.9. The third kappa shape index (κ3) is 3.02. The lowest BCUT2D eigenvalue weighted by Crippen LogP contribution is -2.16. The van der Waals surface area contributed by atoms with E-state index in [0.29, 0.717) is 11.3 Å². The van der Waals surface area contributed by atoms with Crippen LogP contribution in [0.4, 0.5) is 5.69 Å². The van der Waals surface area contributed by atoms with E-state index in [-0.39, 0.29) is 11.3 Å². The number of benzene rings is 2. The summed E-state index contributed by atoms with van der Waals surface area (Å²) in [6.07, 6.45) is 0. The summed E-state index contributed by atoms with van der Waals surface area (Å²) in [4.78, 5) is 27.6. The second kappa shape index (κ2) is 6.66. The van der Waals surface area contributed by atoms with Crippen molar-refractivity contribution in [3.63, 3.8) is 0 Å². The van der Waals surface area contributed by atoms with Crippen molar-refractivity contribution >= 4 is 49.1 Å². The second-order valence-electron chi connectivity index (χ2n) is 4.93. The monoisotopic (exact) mass is 405 g/mol.